The molecule has 106 valence electrons. The molecular formula is C14H16N2O3S. The van der Waals surface area contributed by atoms with Gasteiger partial charge in [0, 0.05) is 6.54 Å². The van der Waals surface area contributed by atoms with Gasteiger partial charge in [-0.1, -0.05) is 23.5 Å². The summed E-state index contributed by atoms with van der Waals surface area (Å²) in [6.45, 7) is 4.84. The highest BCUT2D eigenvalue weighted by Gasteiger charge is 2.13. The molecule has 2 N–H and O–H groups in total. The summed E-state index contributed by atoms with van der Waals surface area (Å²) in [7, 11) is 0. The summed E-state index contributed by atoms with van der Waals surface area (Å²) >= 11 is 1.15. The zero-order chi connectivity index (χ0) is 14.5. The number of hydrogen-bond donors (Lipinski definition) is 2. The first-order valence-corrected chi connectivity index (χ1v) is 7.08. The summed E-state index contributed by atoms with van der Waals surface area (Å²) in [5, 5.41) is 12.7. The fourth-order valence-corrected chi connectivity index (χ4v) is 2.56. The molecule has 2 aromatic rings. The number of aromatic nitrogens is 1. The van der Waals surface area contributed by atoms with Crippen LogP contribution in [0.5, 0.6) is 5.75 Å². The van der Waals surface area contributed by atoms with Crippen LogP contribution in [0.3, 0.4) is 0 Å². The second kappa shape index (κ2) is 6.38. The quantitative estimate of drug-likeness (QED) is 0.855. The minimum absolute atomic E-state index is 0.274. The Hall–Kier alpha value is -2.08. The Morgan fingerprint density at radius 1 is 1.50 bits per heavy atom. The van der Waals surface area contributed by atoms with Crippen LogP contribution in [0, 0.1) is 6.92 Å². The molecular weight excluding hydrogens is 276 g/mol. The average molecular weight is 292 g/mol. The smallest absolute Gasteiger partial charge is 0.347 e. The monoisotopic (exact) mass is 292 g/mol. The third-order valence-electron chi connectivity index (χ3n) is 2.64. The van der Waals surface area contributed by atoms with E-state index in [1.54, 1.807) is 6.92 Å². The van der Waals surface area contributed by atoms with Gasteiger partial charge in [-0.25, -0.2) is 9.78 Å². The zero-order valence-electron chi connectivity index (χ0n) is 11.3. The van der Waals surface area contributed by atoms with E-state index >= 15 is 0 Å². The molecule has 0 spiro atoms. The third-order valence-corrected chi connectivity index (χ3v) is 3.75. The molecule has 0 atom stereocenters. The van der Waals surface area contributed by atoms with Gasteiger partial charge in [-0.3, -0.25) is 0 Å². The minimum Gasteiger partial charge on any atom is -0.494 e. The first-order valence-electron chi connectivity index (χ1n) is 6.26. The van der Waals surface area contributed by atoms with E-state index in [1.807, 2.05) is 31.2 Å². The highest BCUT2D eigenvalue weighted by Crippen LogP contribution is 2.23. The molecule has 5 nitrogen and oxygen atoms in total. The molecule has 2 rings (SSSR count). The second-order valence-corrected chi connectivity index (χ2v) is 5.17. The second-order valence-electron chi connectivity index (χ2n) is 4.17. The van der Waals surface area contributed by atoms with Gasteiger partial charge in [-0.15, -0.1) is 0 Å². The summed E-state index contributed by atoms with van der Waals surface area (Å²) in [6.07, 6.45) is 0. The number of rotatable bonds is 6. The summed E-state index contributed by atoms with van der Waals surface area (Å²) in [6, 6.07) is 7.77. The molecule has 0 radical (unpaired) electrons. The van der Waals surface area contributed by atoms with Gasteiger partial charge in [0.15, 0.2) is 5.13 Å². The maximum Gasteiger partial charge on any atom is 0.347 e. The van der Waals surface area contributed by atoms with E-state index in [0.717, 1.165) is 22.6 Å². The Balaban J connectivity index is 2.03. The van der Waals surface area contributed by atoms with Crippen molar-refractivity contribution in [3.05, 3.63) is 40.4 Å². The van der Waals surface area contributed by atoms with Crippen molar-refractivity contribution in [1.82, 2.24) is 4.98 Å². The van der Waals surface area contributed by atoms with Crippen molar-refractivity contribution >= 4 is 22.4 Å². The molecule has 0 aliphatic rings. The number of ether oxygens (including phenoxy) is 1. The molecule has 1 aromatic carbocycles. The van der Waals surface area contributed by atoms with Crippen LogP contribution in [0.1, 0.15) is 27.9 Å². The SMILES string of the molecule is CCOc1cccc(CNc2nc(C)c(C(=O)O)s2)c1. The molecule has 20 heavy (non-hydrogen) atoms. The van der Waals surface area contributed by atoms with Crippen molar-refractivity contribution in [3.8, 4) is 5.75 Å². The molecule has 0 saturated heterocycles. The Labute approximate surface area is 121 Å². The van der Waals surface area contributed by atoms with Gasteiger partial charge < -0.3 is 15.2 Å². The summed E-state index contributed by atoms with van der Waals surface area (Å²) in [5.41, 5.74) is 1.59. The molecule has 0 unspecified atom stereocenters. The van der Waals surface area contributed by atoms with Crippen LogP contribution in [0.4, 0.5) is 5.13 Å². The molecule has 0 fully saturated rings. The molecule has 0 amide bonds. The third kappa shape index (κ3) is 3.48. The molecule has 0 aliphatic carbocycles. The van der Waals surface area contributed by atoms with Crippen LogP contribution >= 0.6 is 11.3 Å². The lowest BCUT2D eigenvalue weighted by Gasteiger charge is -2.06. The molecule has 0 bridgehead atoms. The molecule has 0 saturated carbocycles. The highest BCUT2D eigenvalue weighted by atomic mass is 32.1. The van der Waals surface area contributed by atoms with Crippen molar-refractivity contribution in [2.24, 2.45) is 0 Å². The van der Waals surface area contributed by atoms with Crippen LogP contribution < -0.4 is 10.1 Å². The fourth-order valence-electron chi connectivity index (χ4n) is 1.76. The maximum absolute atomic E-state index is 11.0. The van der Waals surface area contributed by atoms with E-state index < -0.39 is 5.97 Å². The van der Waals surface area contributed by atoms with E-state index in [2.05, 4.69) is 10.3 Å². The van der Waals surface area contributed by atoms with Gasteiger partial charge in [-0.2, -0.15) is 0 Å². The van der Waals surface area contributed by atoms with Gasteiger partial charge in [0.05, 0.1) is 12.3 Å². The number of nitrogens with zero attached hydrogens (tertiary/aromatic N) is 1. The number of carbonyl (C=O) groups is 1. The minimum atomic E-state index is -0.939. The van der Waals surface area contributed by atoms with Crippen molar-refractivity contribution in [1.29, 1.82) is 0 Å². The Morgan fingerprint density at radius 3 is 2.95 bits per heavy atom. The highest BCUT2D eigenvalue weighted by molar-refractivity contribution is 7.17. The van der Waals surface area contributed by atoms with Crippen molar-refractivity contribution < 1.29 is 14.6 Å². The van der Waals surface area contributed by atoms with Crippen LogP contribution in [0.15, 0.2) is 24.3 Å². The molecule has 0 aliphatic heterocycles. The van der Waals surface area contributed by atoms with E-state index in [1.165, 1.54) is 0 Å². The Morgan fingerprint density at radius 2 is 2.30 bits per heavy atom. The summed E-state index contributed by atoms with van der Waals surface area (Å²) in [4.78, 5) is 15.4. The van der Waals surface area contributed by atoms with Gasteiger partial charge in [0.1, 0.15) is 10.6 Å². The van der Waals surface area contributed by atoms with Gasteiger partial charge >= 0.3 is 5.97 Å². The van der Waals surface area contributed by atoms with Crippen molar-refractivity contribution in [2.75, 3.05) is 11.9 Å². The molecule has 1 heterocycles. The maximum atomic E-state index is 11.0. The number of anilines is 1. The Kier molecular flexibility index (Phi) is 4.57. The fraction of sp³-hybridized carbons (Fsp3) is 0.286. The normalized spacial score (nSPS) is 10.3. The topological polar surface area (TPSA) is 71.5 Å². The number of nitrogens with one attached hydrogen (secondary N) is 1. The van der Waals surface area contributed by atoms with Crippen molar-refractivity contribution in [3.63, 3.8) is 0 Å². The first-order chi connectivity index (χ1) is 9.60. The van der Waals surface area contributed by atoms with Gasteiger partial charge in [0.2, 0.25) is 0 Å². The van der Waals surface area contributed by atoms with Crippen LogP contribution in [-0.2, 0) is 6.54 Å². The lowest BCUT2D eigenvalue weighted by atomic mass is 10.2. The number of carboxylic acid groups (broad SMARTS) is 1. The summed E-state index contributed by atoms with van der Waals surface area (Å²) < 4.78 is 5.43. The number of aryl methyl sites for hydroxylation is 1. The van der Waals surface area contributed by atoms with Crippen LogP contribution in [-0.4, -0.2) is 22.7 Å². The summed E-state index contributed by atoms with van der Waals surface area (Å²) in [5.74, 6) is -0.111. The van der Waals surface area contributed by atoms with E-state index in [9.17, 15) is 4.79 Å². The number of hydrogen-bond acceptors (Lipinski definition) is 5. The van der Waals surface area contributed by atoms with E-state index in [4.69, 9.17) is 9.84 Å². The standard InChI is InChI=1S/C14H16N2O3S/c1-3-19-11-6-4-5-10(7-11)8-15-14-16-9(2)12(20-14)13(17)18/h4-7H,3,8H2,1-2H3,(H,15,16)(H,17,18). The lowest BCUT2D eigenvalue weighted by Crippen LogP contribution is -1.99. The Bertz CT molecular complexity index is 610. The van der Waals surface area contributed by atoms with Crippen LogP contribution in [0.2, 0.25) is 0 Å². The first kappa shape index (κ1) is 14.3. The predicted molar refractivity (Wildman–Crippen MR) is 78.7 cm³/mol. The largest absolute Gasteiger partial charge is 0.494 e. The number of thiazole rings is 1. The molecule has 6 heteroatoms. The number of aromatic carboxylic acids is 1. The number of benzene rings is 1. The number of carboxylic acids is 1. The van der Waals surface area contributed by atoms with E-state index in [-0.39, 0.29) is 4.88 Å². The molecule has 1 aromatic heterocycles. The predicted octanol–water partition coefficient (Wildman–Crippen LogP) is 3.16. The van der Waals surface area contributed by atoms with Gasteiger partial charge in [0.25, 0.3) is 0 Å². The van der Waals surface area contributed by atoms with Crippen molar-refractivity contribution in [2.45, 2.75) is 20.4 Å². The van der Waals surface area contributed by atoms with Crippen LogP contribution in [0.25, 0.3) is 0 Å². The average Bonchev–Trinajstić information content (AvgIpc) is 2.79. The lowest BCUT2D eigenvalue weighted by molar-refractivity contribution is 0.0701. The van der Waals surface area contributed by atoms with Gasteiger partial charge in [-0.05, 0) is 31.5 Å². The zero-order valence-corrected chi connectivity index (χ0v) is 12.2. The van der Waals surface area contributed by atoms with E-state index in [0.29, 0.717) is 24.0 Å².